The normalized spacial score (nSPS) is 14.1. The van der Waals surface area contributed by atoms with E-state index in [0.717, 1.165) is 6.42 Å². The zero-order chi connectivity index (χ0) is 14.2. The fourth-order valence-electron chi connectivity index (χ4n) is 2.01. The van der Waals surface area contributed by atoms with Gasteiger partial charge in [-0.3, -0.25) is 4.79 Å². The molecule has 0 unspecified atom stereocenters. The molecule has 0 fully saturated rings. The van der Waals surface area contributed by atoms with Crippen LogP contribution in [0.25, 0.3) is 0 Å². The third-order valence-corrected chi connectivity index (χ3v) is 2.76. The SMILES string of the molecule is Cc1nc(OC(=O)OC(C)(C)C)c2n(c1=O)CCC2. The Labute approximate surface area is 111 Å². The van der Waals surface area contributed by atoms with Crippen LogP contribution in [0, 0.1) is 6.92 Å². The van der Waals surface area contributed by atoms with E-state index in [1.807, 2.05) is 0 Å². The van der Waals surface area contributed by atoms with Crippen molar-refractivity contribution in [2.75, 3.05) is 0 Å². The van der Waals surface area contributed by atoms with Crippen LogP contribution in [0.2, 0.25) is 0 Å². The molecule has 0 saturated carbocycles. The number of hydrogen-bond donors (Lipinski definition) is 0. The molecule has 2 heterocycles. The largest absolute Gasteiger partial charge is 0.515 e. The Morgan fingerprint density at radius 1 is 1.37 bits per heavy atom. The maximum absolute atomic E-state index is 11.9. The van der Waals surface area contributed by atoms with E-state index < -0.39 is 11.8 Å². The van der Waals surface area contributed by atoms with Crippen LogP contribution in [0.1, 0.15) is 38.6 Å². The Morgan fingerprint density at radius 3 is 2.68 bits per heavy atom. The topological polar surface area (TPSA) is 70.4 Å². The minimum Gasteiger partial charge on any atom is -0.428 e. The summed E-state index contributed by atoms with van der Waals surface area (Å²) in [4.78, 5) is 27.6. The minimum atomic E-state index is -0.798. The Bertz CT molecular complexity index is 569. The summed E-state index contributed by atoms with van der Waals surface area (Å²) in [5.74, 6) is 0.184. The van der Waals surface area contributed by atoms with E-state index in [9.17, 15) is 9.59 Å². The highest BCUT2D eigenvalue weighted by Gasteiger charge is 2.24. The van der Waals surface area contributed by atoms with Crippen molar-refractivity contribution in [3.05, 3.63) is 21.7 Å². The first kappa shape index (κ1) is 13.6. The number of ether oxygens (including phenoxy) is 2. The monoisotopic (exact) mass is 266 g/mol. The van der Waals surface area contributed by atoms with Crippen LogP contribution in [0.15, 0.2) is 4.79 Å². The summed E-state index contributed by atoms with van der Waals surface area (Å²) in [6.07, 6.45) is 0.735. The highest BCUT2D eigenvalue weighted by atomic mass is 16.7. The molecule has 6 heteroatoms. The molecule has 19 heavy (non-hydrogen) atoms. The molecule has 0 radical (unpaired) electrons. The molecule has 0 atom stereocenters. The Hall–Kier alpha value is -1.85. The Balaban J connectivity index is 2.27. The summed E-state index contributed by atoms with van der Waals surface area (Å²) in [7, 11) is 0. The van der Waals surface area contributed by atoms with Crippen LogP contribution in [0.5, 0.6) is 5.88 Å². The molecule has 104 valence electrons. The highest BCUT2D eigenvalue weighted by Crippen LogP contribution is 2.22. The quantitative estimate of drug-likeness (QED) is 0.725. The molecule has 0 spiro atoms. The van der Waals surface area contributed by atoms with Crippen molar-refractivity contribution >= 4 is 6.16 Å². The third kappa shape index (κ3) is 2.94. The van der Waals surface area contributed by atoms with Gasteiger partial charge in [-0.2, -0.15) is 0 Å². The zero-order valence-electron chi connectivity index (χ0n) is 11.6. The van der Waals surface area contributed by atoms with Gasteiger partial charge in [-0.1, -0.05) is 0 Å². The van der Waals surface area contributed by atoms with E-state index in [0.29, 0.717) is 24.4 Å². The van der Waals surface area contributed by atoms with E-state index in [-0.39, 0.29) is 11.4 Å². The fourth-order valence-corrected chi connectivity index (χ4v) is 2.01. The van der Waals surface area contributed by atoms with Crippen LogP contribution >= 0.6 is 0 Å². The molecule has 0 bridgehead atoms. The predicted octanol–water partition coefficient (Wildman–Crippen LogP) is 1.81. The van der Waals surface area contributed by atoms with Crippen LogP contribution in [0.4, 0.5) is 4.79 Å². The molecule has 1 aromatic rings. The molecule has 1 aliphatic rings. The summed E-state index contributed by atoms with van der Waals surface area (Å²) in [5, 5.41) is 0. The van der Waals surface area contributed by atoms with E-state index in [4.69, 9.17) is 9.47 Å². The highest BCUT2D eigenvalue weighted by molar-refractivity contribution is 5.64. The summed E-state index contributed by atoms with van der Waals surface area (Å²) < 4.78 is 11.8. The van der Waals surface area contributed by atoms with Crippen LogP contribution in [0.3, 0.4) is 0 Å². The maximum Gasteiger partial charge on any atom is 0.515 e. The summed E-state index contributed by atoms with van der Waals surface area (Å²) in [6.45, 7) is 7.52. The van der Waals surface area contributed by atoms with Crippen molar-refractivity contribution in [2.24, 2.45) is 0 Å². The smallest absolute Gasteiger partial charge is 0.428 e. The van der Waals surface area contributed by atoms with E-state index >= 15 is 0 Å². The predicted molar refractivity (Wildman–Crippen MR) is 68.4 cm³/mol. The van der Waals surface area contributed by atoms with Gasteiger partial charge in [0.25, 0.3) is 5.56 Å². The Morgan fingerprint density at radius 2 is 2.05 bits per heavy atom. The van der Waals surface area contributed by atoms with Crippen molar-refractivity contribution in [2.45, 2.75) is 52.7 Å². The van der Waals surface area contributed by atoms with Crippen molar-refractivity contribution in [1.29, 1.82) is 0 Å². The first-order valence-corrected chi connectivity index (χ1v) is 6.29. The number of rotatable bonds is 1. The van der Waals surface area contributed by atoms with E-state index in [2.05, 4.69) is 4.98 Å². The fraction of sp³-hybridized carbons (Fsp3) is 0.615. The van der Waals surface area contributed by atoms with Crippen LogP contribution < -0.4 is 10.3 Å². The number of nitrogens with zero attached hydrogens (tertiary/aromatic N) is 2. The molecule has 0 saturated heterocycles. The van der Waals surface area contributed by atoms with Gasteiger partial charge in [0.1, 0.15) is 11.3 Å². The van der Waals surface area contributed by atoms with Gasteiger partial charge in [0, 0.05) is 6.54 Å². The average Bonchev–Trinajstić information content (AvgIpc) is 2.71. The minimum absolute atomic E-state index is 0.121. The van der Waals surface area contributed by atoms with Crippen molar-refractivity contribution in [3.63, 3.8) is 0 Å². The molecular weight excluding hydrogens is 248 g/mol. The molecule has 0 N–H and O–H groups in total. The molecule has 2 rings (SSSR count). The number of aryl methyl sites for hydroxylation is 1. The van der Waals surface area contributed by atoms with Gasteiger partial charge in [-0.05, 0) is 40.5 Å². The molecule has 0 amide bonds. The first-order valence-electron chi connectivity index (χ1n) is 6.29. The van der Waals surface area contributed by atoms with Gasteiger partial charge in [-0.15, -0.1) is 0 Å². The lowest BCUT2D eigenvalue weighted by molar-refractivity contribution is 0.0193. The van der Waals surface area contributed by atoms with Crippen molar-refractivity contribution in [3.8, 4) is 5.88 Å². The number of carbonyl (C=O) groups is 1. The van der Waals surface area contributed by atoms with Crippen molar-refractivity contribution in [1.82, 2.24) is 9.55 Å². The summed E-state index contributed by atoms with van der Waals surface area (Å²) in [5.41, 5.74) is 0.246. The van der Waals surface area contributed by atoms with Gasteiger partial charge in [0.15, 0.2) is 0 Å². The Kier molecular flexibility index (Phi) is 3.34. The van der Waals surface area contributed by atoms with Crippen LogP contribution in [-0.2, 0) is 17.7 Å². The molecular formula is C13H18N2O4. The maximum atomic E-state index is 11.9. The summed E-state index contributed by atoms with van der Waals surface area (Å²) >= 11 is 0. The van der Waals surface area contributed by atoms with Gasteiger partial charge < -0.3 is 14.0 Å². The van der Waals surface area contributed by atoms with Gasteiger partial charge >= 0.3 is 6.16 Å². The number of carbonyl (C=O) groups excluding carboxylic acids is 1. The number of fused-ring (bicyclic) bond motifs is 1. The number of aromatic nitrogens is 2. The third-order valence-electron chi connectivity index (χ3n) is 2.76. The molecule has 1 aromatic heterocycles. The van der Waals surface area contributed by atoms with Crippen LogP contribution in [-0.4, -0.2) is 21.3 Å². The second kappa shape index (κ2) is 4.68. The first-order chi connectivity index (χ1) is 8.78. The molecule has 0 aliphatic carbocycles. The number of hydrogen-bond acceptors (Lipinski definition) is 5. The van der Waals surface area contributed by atoms with E-state index in [1.165, 1.54) is 0 Å². The second-order valence-electron chi connectivity index (χ2n) is 5.58. The van der Waals surface area contributed by atoms with Gasteiger partial charge in [0.05, 0.1) is 5.69 Å². The van der Waals surface area contributed by atoms with Crippen molar-refractivity contribution < 1.29 is 14.3 Å². The lowest BCUT2D eigenvalue weighted by Crippen LogP contribution is -2.28. The molecule has 6 nitrogen and oxygen atoms in total. The van der Waals surface area contributed by atoms with E-state index in [1.54, 1.807) is 32.3 Å². The second-order valence-corrected chi connectivity index (χ2v) is 5.58. The van der Waals surface area contributed by atoms with Gasteiger partial charge in [0.2, 0.25) is 5.88 Å². The molecule has 0 aromatic carbocycles. The molecule has 1 aliphatic heterocycles. The lowest BCUT2D eigenvalue weighted by atomic mass is 10.2. The van der Waals surface area contributed by atoms with Gasteiger partial charge in [-0.25, -0.2) is 9.78 Å². The average molecular weight is 266 g/mol. The zero-order valence-corrected chi connectivity index (χ0v) is 11.6. The summed E-state index contributed by atoms with van der Waals surface area (Å²) in [6, 6.07) is 0. The lowest BCUT2D eigenvalue weighted by Gasteiger charge is -2.19. The standard InChI is InChI=1S/C13H18N2O4/c1-8-11(16)15-7-5-6-9(15)10(14-8)18-12(17)19-13(2,3)4/h5-7H2,1-4H3.